The van der Waals surface area contributed by atoms with Crippen molar-refractivity contribution in [3.8, 4) is 0 Å². The molecular weight excluding hydrogens is 559 g/mol. The van der Waals surface area contributed by atoms with Crippen LogP contribution in [0.5, 0.6) is 0 Å². The maximum absolute atomic E-state index is 13.0. The van der Waals surface area contributed by atoms with Gasteiger partial charge in [0, 0.05) is 49.4 Å². The van der Waals surface area contributed by atoms with Crippen LogP contribution in [-0.4, -0.2) is 47.8 Å². The molecule has 1 saturated heterocycles. The van der Waals surface area contributed by atoms with Crippen molar-refractivity contribution in [2.75, 3.05) is 36.4 Å². The normalized spacial score (nSPS) is 13.7. The minimum absolute atomic E-state index is 0.0344. The van der Waals surface area contributed by atoms with Gasteiger partial charge in [0.2, 0.25) is 5.91 Å². The molecule has 0 unspecified atom stereocenters. The van der Waals surface area contributed by atoms with Gasteiger partial charge >= 0.3 is 0 Å². The standard InChI is InChI=1S/C28H22Cl2N4O4S/c29-21-17-19(31-28(36)27-25(30)20-7-4-8-23(34(37)38)26(20)39-27)10-11-22(21)32-13-15-33(16-14-32)24(35)12-9-18-5-2-1-3-6-18/h1-12,17H,13-16H2,(H,31,36)/b12-9+. The summed E-state index contributed by atoms with van der Waals surface area (Å²) in [6.45, 7) is 2.35. The van der Waals surface area contributed by atoms with Crippen molar-refractivity contribution in [2.24, 2.45) is 0 Å². The van der Waals surface area contributed by atoms with Crippen LogP contribution in [0.1, 0.15) is 15.2 Å². The molecular formula is C28H22Cl2N4O4S. The van der Waals surface area contributed by atoms with Gasteiger partial charge in [-0.05, 0) is 29.8 Å². The largest absolute Gasteiger partial charge is 0.367 e. The number of hydrogen-bond acceptors (Lipinski definition) is 6. The predicted molar refractivity (Wildman–Crippen MR) is 157 cm³/mol. The minimum Gasteiger partial charge on any atom is -0.367 e. The van der Waals surface area contributed by atoms with E-state index in [9.17, 15) is 19.7 Å². The second-order valence-corrected chi connectivity index (χ2v) is 10.6. The maximum atomic E-state index is 13.0. The summed E-state index contributed by atoms with van der Waals surface area (Å²) < 4.78 is 0.346. The monoisotopic (exact) mass is 580 g/mol. The Morgan fingerprint density at radius 3 is 2.41 bits per heavy atom. The lowest BCUT2D eigenvalue weighted by atomic mass is 10.2. The highest BCUT2D eigenvalue weighted by molar-refractivity contribution is 7.22. The van der Waals surface area contributed by atoms with Crippen LogP contribution in [-0.2, 0) is 4.79 Å². The second kappa shape index (κ2) is 11.4. The van der Waals surface area contributed by atoms with E-state index in [1.165, 1.54) is 12.1 Å². The molecule has 39 heavy (non-hydrogen) atoms. The van der Waals surface area contributed by atoms with Crippen LogP contribution in [0.25, 0.3) is 16.2 Å². The van der Waals surface area contributed by atoms with Crippen molar-refractivity contribution in [3.63, 3.8) is 0 Å². The number of halogens is 2. The first-order chi connectivity index (χ1) is 18.8. The third-order valence-electron chi connectivity index (χ3n) is 6.39. The third-order valence-corrected chi connectivity index (χ3v) is 8.43. The number of amides is 2. The lowest BCUT2D eigenvalue weighted by Crippen LogP contribution is -2.48. The number of anilines is 2. The van der Waals surface area contributed by atoms with Crippen LogP contribution in [0.3, 0.4) is 0 Å². The quantitative estimate of drug-likeness (QED) is 0.155. The summed E-state index contributed by atoms with van der Waals surface area (Å²) in [5.41, 5.74) is 2.15. The first-order valence-electron chi connectivity index (χ1n) is 12.0. The molecule has 198 valence electrons. The molecule has 11 heteroatoms. The van der Waals surface area contributed by atoms with Crippen molar-refractivity contribution in [3.05, 3.63) is 103 Å². The van der Waals surface area contributed by atoms with Gasteiger partial charge in [0.25, 0.3) is 11.6 Å². The van der Waals surface area contributed by atoms with Gasteiger partial charge in [-0.3, -0.25) is 19.7 Å². The van der Waals surface area contributed by atoms with Gasteiger partial charge in [-0.15, -0.1) is 11.3 Å². The number of carbonyl (C=O) groups excluding carboxylic acids is 2. The number of carbonyl (C=O) groups is 2. The number of piperazine rings is 1. The van der Waals surface area contributed by atoms with E-state index >= 15 is 0 Å². The van der Waals surface area contributed by atoms with Gasteiger partial charge in [-0.25, -0.2) is 0 Å². The minimum atomic E-state index is -0.494. The Balaban J connectivity index is 1.23. The summed E-state index contributed by atoms with van der Waals surface area (Å²) in [7, 11) is 0. The number of nitrogens with zero attached hydrogens (tertiary/aromatic N) is 3. The summed E-state index contributed by atoms with van der Waals surface area (Å²) in [6, 6.07) is 19.5. The van der Waals surface area contributed by atoms with Gasteiger partial charge in [0.15, 0.2) is 0 Å². The van der Waals surface area contributed by atoms with E-state index in [1.54, 1.807) is 29.2 Å². The third kappa shape index (κ3) is 5.75. The molecule has 0 spiro atoms. The summed E-state index contributed by atoms with van der Waals surface area (Å²) in [5, 5.41) is 15.2. The van der Waals surface area contributed by atoms with E-state index in [4.69, 9.17) is 23.2 Å². The van der Waals surface area contributed by atoms with Crippen LogP contribution < -0.4 is 10.2 Å². The highest BCUT2D eigenvalue weighted by Gasteiger charge is 2.24. The van der Waals surface area contributed by atoms with E-state index in [1.807, 2.05) is 42.5 Å². The zero-order chi connectivity index (χ0) is 27.5. The van der Waals surface area contributed by atoms with Gasteiger partial charge < -0.3 is 15.1 Å². The highest BCUT2D eigenvalue weighted by atomic mass is 35.5. The summed E-state index contributed by atoms with van der Waals surface area (Å²) in [6.07, 6.45) is 3.41. The van der Waals surface area contributed by atoms with E-state index in [0.717, 1.165) is 22.6 Å². The van der Waals surface area contributed by atoms with Crippen molar-refractivity contribution >= 4 is 79.6 Å². The molecule has 0 atom stereocenters. The Bertz CT molecular complexity index is 1600. The van der Waals surface area contributed by atoms with Crippen molar-refractivity contribution in [1.29, 1.82) is 0 Å². The van der Waals surface area contributed by atoms with Crippen molar-refractivity contribution in [1.82, 2.24) is 4.90 Å². The first-order valence-corrected chi connectivity index (χ1v) is 13.6. The van der Waals surface area contributed by atoms with Crippen LogP contribution in [0.2, 0.25) is 10.0 Å². The molecule has 2 amide bonds. The molecule has 0 bridgehead atoms. The van der Waals surface area contributed by atoms with Gasteiger partial charge in [0.05, 0.1) is 20.7 Å². The molecule has 1 fully saturated rings. The number of nitrogens with one attached hydrogen (secondary N) is 1. The van der Waals surface area contributed by atoms with Crippen LogP contribution in [0.15, 0.2) is 72.8 Å². The average molecular weight is 581 g/mol. The fourth-order valence-corrected chi connectivity index (χ4v) is 6.19. The molecule has 1 aliphatic heterocycles. The molecule has 1 aromatic heterocycles. The summed E-state index contributed by atoms with van der Waals surface area (Å²) in [5.74, 6) is -0.511. The summed E-state index contributed by atoms with van der Waals surface area (Å²) in [4.78, 5) is 40.5. The van der Waals surface area contributed by atoms with Gasteiger partial charge in [0.1, 0.15) is 9.58 Å². The number of nitro benzene ring substituents is 1. The average Bonchev–Trinajstić information content (AvgIpc) is 3.29. The zero-order valence-corrected chi connectivity index (χ0v) is 22.8. The van der Waals surface area contributed by atoms with E-state index < -0.39 is 10.8 Å². The van der Waals surface area contributed by atoms with E-state index in [0.29, 0.717) is 47.0 Å². The van der Waals surface area contributed by atoms with Gasteiger partial charge in [-0.1, -0.05) is 65.7 Å². The topological polar surface area (TPSA) is 95.8 Å². The molecule has 0 radical (unpaired) electrons. The number of fused-ring (bicyclic) bond motifs is 1. The summed E-state index contributed by atoms with van der Waals surface area (Å²) >= 11 is 14.0. The number of nitro groups is 1. The number of non-ortho nitro benzene ring substituents is 1. The number of hydrogen-bond donors (Lipinski definition) is 1. The number of thiophene rings is 1. The second-order valence-electron chi connectivity index (χ2n) is 8.83. The van der Waals surface area contributed by atoms with Crippen LogP contribution in [0.4, 0.5) is 17.1 Å². The van der Waals surface area contributed by atoms with Crippen molar-refractivity contribution < 1.29 is 14.5 Å². The van der Waals surface area contributed by atoms with Gasteiger partial charge in [-0.2, -0.15) is 0 Å². The zero-order valence-electron chi connectivity index (χ0n) is 20.5. The Kier molecular flexibility index (Phi) is 7.83. The fourth-order valence-electron chi connectivity index (χ4n) is 4.40. The lowest BCUT2D eigenvalue weighted by molar-refractivity contribution is -0.382. The molecule has 1 aliphatic rings. The lowest BCUT2D eigenvalue weighted by Gasteiger charge is -2.36. The molecule has 8 nitrogen and oxygen atoms in total. The van der Waals surface area contributed by atoms with E-state index in [-0.39, 0.29) is 21.5 Å². The number of benzene rings is 3. The Morgan fingerprint density at radius 2 is 1.72 bits per heavy atom. The molecule has 0 aliphatic carbocycles. The molecule has 5 rings (SSSR count). The number of rotatable bonds is 6. The van der Waals surface area contributed by atoms with Crippen LogP contribution in [0, 0.1) is 10.1 Å². The molecule has 4 aromatic rings. The van der Waals surface area contributed by atoms with Crippen molar-refractivity contribution in [2.45, 2.75) is 0 Å². The Morgan fingerprint density at radius 1 is 0.974 bits per heavy atom. The Hall–Kier alpha value is -3.92. The smallest absolute Gasteiger partial charge is 0.287 e. The molecule has 2 heterocycles. The maximum Gasteiger partial charge on any atom is 0.287 e. The Labute approximate surface area is 238 Å². The molecule has 3 aromatic carbocycles. The van der Waals surface area contributed by atoms with E-state index in [2.05, 4.69) is 10.2 Å². The van der Waals surface area contributed by atoms with Crippen LogP contribution >= 0.6 is 34.5 Å². The fraction of sp³-hybridized carbons (Fsp3) is 0.143. The molecule has 0 saturated carbocycles. The highest BCUT2D eigenvalue weighted by Crippen LogP contribution is 2.40. The molecule has 1 N–H and O–H groups in total. The first kappa shape index (κ1) is 26.7. The SMILES string of the molecule is O=C(Nc1ccc(N2CCN(C(=O)/C=C/c3ccccc3)CC2)c(Cl)c1)c1sc2c([N+](=O)[O-])cccc2c1Cl. The predicted octanol–water partition coefficient (Wildman–Crippen LogP) is 6.73.